The number of aryl methyl sites for hydroxylation is 2. The maximum Gasteiger partial charge on any atom is 0.128 e. The third-order valence-electron chi connectivity index (χ3n) is 2.72. The van der Waals surface area contributed by atoms with Gasteiger partial charge >= 0.3 is 0 Å². The molecule has 0 saturated carbocycles. The van der Waals surface area contributed by atoms with Crippen molar-refractivity contribution in [3.05, 3.63) is 58.1 Å². The zero-order chi connectivity index (χ0) is 13.1. The molecule has 0 atom stereocenters. The Bertz CT molecular complexity index is 524. The van der Waals surface area contributed by atoms with Gasteiger partial charge in [0.1, 0.15) is 11.5 Å². The van der Waals surface area contributed by atoms with Gasteiger partial charge in [0.2, 0.25) is 0 Å². The Morgan fingerprint density at radius 1 is 0.944 bits per heavy atom. The number of alkyl halides is 1. The first-order chi connectivity index (χ1) is 8.60. The molecule has 18 heavy (non-hydrogen) atoms. The number of halogens is 2. The van der Waals surface area contributed by atoms with Gasteiger partial charge in [-0.2, -0.15) is 0 Å². The summed E-state index contributed by atoms with van der Waals surface area (Å²) >= 11 is 11.9. The minimum Gasteiger partial charge on any atom is -0.457 e. The van der Waals surface area contributed by atoms with Crippen molar-refractivity contribution in [2.24, 2.45) is 0 Å². The molecule has 0 amide bonds. The van der Waals surface area contributed by atoms with Crippen molar-refractivity contribution in [1.82, 2.24) is 0 Å². The Kier molecular flexibility index (Phi) is 4.15. The SMILES string of the molecule is Cc1cc(Oc2ccc(CCl)cc2)cc(C)c1Cl. The molecule has 0 saturated heterocycles. The largest absolute Gasteiger partial charge is 0.457 e. The Morgan fingerprint density at radius 3 is 2.00 bits per heavy atom. The molecule has 0 aliphatic carbocycles. The monoisotopic (exact) mass is 280 g/mol. The molecule has 3 heteroatoms. The molecule has 0 aromatic heterocycles. The molecule has 94 valence electrons. The van der Waals surface area contributed by atoms with E-state index >= 15 is 0 Å². The Labute approximate surface area is 117 Å². The fourth-order valence-corrected chi connectivity index (χ4v) is 2.04. The Morgan fingerprint density at radius 2 is 1.50 bits per heavy atom. The molecule has 2 aromatic rings. The van der Waals surface area contributed by atoms with E-state index in [0.717, 1.165) is 33.2 Å². The first kappa shape index (κ1) is 13.3. The van der Waals surface area contributed by atoms with E-state index in [1.54, 1.807) is 0 Å². The van der Waals surface area contributed by atoms with Gasteiger partial charge in [0, 0.05) is 10.9 Å². The van der Waals surface area contributed by atoms with Gasteiger partial charge in [0.15, 0.2) is 0 Å². The minimum atomic E-state index is 0.513. The van der Waals surface area contributed by atoms with Crippen molar-refractivity contribution in [3.63, 3.8) is 0 Å². The smallest absolute Gasteiger partial charge is 0.128 e. The Balaban J connectivity index is 2.23. The molecule has 0 unspecified atom stereocenters. The third-order valence-corrected chi connectivity index (χ3v) is 3.63. The van der Waals surface area contributed by atoms with Crippen LogP contribution >= 0.6 is 23.2 Å². The average molecular weight is 281 g/mol. The summed E-state index contributed by atoms with van der Waals surface area (Å²) in [6.07, 6.45) is 0. The first-order valence-corrected chi connectivity index (χ1v) is 6.61. The molecule has 0 heterocycles. The lowest BCUT2D eigenvalue weighted by atomic mass is 10.1. The second-order valence-electron chi connectivity index (χ2n) is 4.25. The molecule has 0 radical (unpaired) electrons. The van der Waals surface area contributed by atoms with Crippen LogP contribution < -0.4 is 4.74 Å². The second-order valence-corrected chi connectivity index (χ2v) is 4.90. The van der Waals surface area contributed by atoms with E-state index in [9.17, 15) is 0 Å². The zero-order valence-electron chi connectivity index (χ0n) is 10.3. The highest BCUT2D eigenvalue weighted by Crippen LogP contribution is 2.29. The van der Waals surface area contributed by atoms with Crippen LogP contribution in [0.3, 0.4) is 0 Å². The van der Waals surface area contributed by atoms with E-state index < -0.39 is 0 Å². The molecule has 0 bridgehead atoms. The van der Waals surface area contributed by atoms with Crippen LogP contribution in [0.15, 0.2) is 36.4 Å². The lowest BCUT2D eigenvalue weighted by molar-refractivity contribution is 0.481. The quantitative estimate of drug-likeness (QED) is 0.676. The van der Waals surface area contributed by atoms with Gasteiger partial charge in [-0.15, -0.1) is 11.6 Å². The summed E-state index contributed by atoms with van der Waals surface area (Å²) in [5.74, 6) is 2.11. The van der Waals surface area contributed by atoms with E-state index in [0.29, 0.717) is 5.88 Å². The highest BCUT2D eigenvalue weighted by molar-refractivity contribution is 6.32. The van der Waals surface area contributed by atoms with Gasteiger partial charge in [0.25, 0.3) is 0 Å². The molecular formula is C15H14Cl2O. The van der Waals surface area contributed by atoms with Crippen LogP contribution in [0.25, 0.3) is 0 Å². The lowest BCUT2D eigenvalue weighted by Gasteiger charge is -2.10. The predicted molar refractivity (Wildman–Crippen MR) is 77.0 cm³/mol. The molecule has 2 rings (SSSR count). The average Bonchev–Trinajstić information content (AvgIpc) is 2.37. The maximum absolute atomic E-state index is 6.12. The van der Waals surface area contributed by atoms with Gasteiger partial charge in [-0.05, 0) is 54.8 Å². The summed E-state index contributed by atoms with van der Waals surface area (Å²) in [5.41, 5.74) is 3.11. The summed E-state index contributed by atoms with van der Waals surface area (Å²) in [4.78, 5) is 0. The highest BCUT2D eigenvalue weighted by Gasteiger charge is 2.04. The molecular weight excluding hydrogens is 267 g/mol. The predicted octanol–water partition coefficient (Wildman–Crippen LogP) is 5.49. The summed E-state index contributed by atoms with van der Waals surface area (Å²) in [6, 6.07) is 11.6. The number of benzene rings is 2. The van der Waals surface area contributed by atoms with Crippen LogP contribution in [-0.4, -0.2) is 0 Å². The molecule has 0 spiro atoms. The molecule has 0 N–H and O–H groups in total. The minimum absolute atomic E-state index is 0.513. The highest BCUT2D eigenvalue weighted by atomic mass is 35.5. The molecule has 0 aliphatic rings. The first-order valence-electron chi connectivity index (χ1n) is 5.69. The number of hydrogen-bond donors (Lipinski definition) is 0. The summed E-state index contributed by atoms with van der Waals surface area (Å²) in [5, 5.41) is 0.792. The van der Waals surface area contributed by atoms with Crippen LogP contribution in [0.1, 0.15) is 16.7 Å². The van der Waals surface area contributed by atoms with Crippen molar-refractivity contribution >= 4 is 23.2 Å². The standard InChI is InChI=1S/C15H14Cl2O/c1-10-7-14(8-11(2)15(10)17)18-13-5-3-12(9-16)4-6-13/h3-8H,9H2,1-2H3. The van der Waals surface area contributed by atoms with Gasteiger partial charge in [0.05, 0.1) is 0 Å². The van der Waals surface area contributed by atoms with Crippen LogP contribution in [0.4, 0.5) is 0 Å². The van der Waals surface area contributed by atoms with Crippen molar-refractivity contribution in [2.45, 2.75) is 19.7 Å². The number of ether oxygens (including phenoxy) is 1. The second kappa shape index (κ2) is 5.64. The van der Waals surface area contributed by atoms with E-state index in [1.807, 2.05) is 50.2 Å². The fraction of sp³-hybridized carbons (Fsp3) is 0.200. The molecule has 0 fully saturated rings. The summed E-state index contributed by atoms with van der Waals surface area (Å²) < 4.78 is 5.79. The van der Waals surface area contributed by atoms with Crippen LogP contribution in [-0.2, 0) is 5.88 Å². The van der Waals surface area contributed by atoms with Gasteiger partial charge in [-0.3, -0.25) is 0 Å². The Hall–Kier alpha value is -1.18. The normalized spacial score (nSPS) is 10.4. The zero-order valence-corrected chi connectivity index (χ0v) is 11.8. The van der Waals surface area contributed by atoms with Crippen molar-refractivity contribution in [1.29, 1.82) is 0 Å². The van der Waals surface area contributed by atoms with Crippen molar-refractivity contribution in [2.75, 3.05) is 0 Å². The maximum atomic E-state index is 6.12. The lowest BCUT2D eigenvalue weighted by Crippen LogP contribution is -1.88. The van der Waals surface area contributed by atoms with Crippen LogP contribution in [0.5, 0.6) is 11.5 Å². The fourth-order valence-electron chi connectivity index (χ4n) is 1.75. The van der Waals surface area contributed by atoms with E-state index in [2.05, 4.69) is 0 Å². The summed E-state index contributed by atoms with van der Waals surface area (Å²) in [7, 11) is 0. The number of rotatable bonds is 3. The summed E-state index contributed by atoms with van der Waals surface area (Å²) in [6.45, 7) is 3.94. The van der Waals surface area contributed by atoms with Gasteiger partial charge in [-0.1, -0.05) is 23.7 Å². The van der Waals surface area contributed by atoms with Crippen LogP contribution in [0.2, 0.25) is 5.02 Å². The van der Waals surface area contributed by atoms with E-state index in [1.165, 1.54) is 0 Å². The molecule has 1 nitrogen and oxygen atoms in total. The van der Waals surface area contributed by atoms with Crippen LogP contribution in [0, 0.1) is 13.8 Å². The van der Waals surface area contributed by atoms with Crippen molar-refractivity contribution in [3.8, 4) is 11.5 Å². The third kappa shape index (κ3) is 2.98. The van der Waals surface area contributed by atoms with Gasteiger partial charge in [-0.25, -0.2) is 0 Å². The number of hydrogen-bond acceptors (Lipinski definition) is 1. The van der Waals surface area contributed by atoms with E-state index in [-0.39, 0.29) is 0 Å². The topological polar surface area (TPSA) is 9.23 Å². The molecule has 0 aliphatic heterocycles. The van der Waals surface area contributed by atoms with Gasteiger partial charge < -0.3 is 4.74 Å². The molecule has 2 aromatic carbocycles. The van der Waals surface area contributed by atoms with E-state index in [4.69, 9.17) is 27.9 Å². The van der Waals surface area contributed by atoms with Crippen molar-refractivity contribution < 1.29 is 4.74 Å².